The minimum absolute atomic E-state index is 0.101. The van der Waals surface area contributed by atoms with Gasteiger partial charge in [0.25, 0.3) is 0 Å². The second kappa shape index (κ2) is 5.51. The van der Waals surface area contributed by atoms with Crippen molar-refractivity contribution in [2.45, 2.75) is 31.8 Å². The first-order valence-corrected chi connectivity index (χ1v) is 8.46. The Morgan fingerprint density at radius 3 is 2.47 bits per heavy atom. The molecule has 0 aromatic heterocycles. The van der Waals surface area contributed by atoms with Gasteiger partial charge in [0.05, 0.1) is 11.5 Å². The van der Waals surface area contributed by atoms with Crippen molar-refractivity contribution in [2.24, 2.45) is 0 Å². The molecule has 4 nitrogen and oxygen atoms in total. The third kappa shape index (κ3) is 3.28. The number of phenols is 1. The maximum Gasteiger partial charge on any atom is 0.151 e. The Morgan fingerprint density at radius 2 is 2.00 bits per heavy atom. The van der Waals surface area contributed by atoms with Gasteiger partial charge in [-0.05, 0) is 37.6 Å². The molecule has 0 aliphatic carbocycles. The molecule has 1 aromatic rings. The molecule has 0 saturated carbocycles. The standard InChI is InChI=1S/C14H21NO3S/c1-3-14(11-4-6-13(16)7-5-11)15(2)12-8-9-19(17,18)10-12/h4-7,12,14,16H,3,8-10H2,1-2H3. The van der Waals surface area contributed by atoms with Gasteiger partial charge in [0.2, 0.25) is 0 Å². The minimum atomic E-state index is -2.85. The molecule has 0 amide bonds. The van der Waals surface area contributed by atoms with Gasteiger partial charge >= 0.3 is 0 Å². The van der Waals surface area contributed by atoms with Gasteiger partial charge < -0.3 is 5.11 Å². The lowest BCUT2D eigenvalue weighted by Gasteiger charge is -2.32. The average molecular weight is 283 g/mol. The van der Waals surface area contributed by atoms with Crippen molar-refractivity contribution < 1.29 is 13.5 Å². The van der Waals surface area contributed by atoms with E-state index in [1.54, 1.807) is 12.1 Å². The predicted octanol–water partition coefficient (Wildman–Crippen LogP) is 1.96. The molecule has 5 heteroatoms. The second-order valence-electron chi connectivity index (χ2n) is 5.24. The van der Waals surface area contributed by atoms with Crippen molar-refractivity contribution in [3.63, 3.8) is 0 Å². The van der Waals surface area contributed by atoms with Gasteiger partial charge in [-0.15, -0.1) is 0 Å². The fourth-order valence-corrected chi connectivity index (χ4v) is 4.59. The van der Waals surface area contributed by atoms with E-state index >= 15 is 0 Å². The van der Waals surface area contributed by atoms with Crippen LogP contribution < -0.4 is 0 Å². The Labute approximate surface area is 115 Å². The Morgan fingerprint density at radius 1 is 1.37 bits per heavy atom. The molecule has 1 fully saturated rings. The van der Waals surface area contributed by atoms with Gasteiger partial charge in [-0.2, -0.15) is 0 Å². The van der Waals surface area contributed by atoms with Crippen LogP contribution in [0.4, 0.5) is 0 Å². The zero-order valence-electron chi connectivity index (χ0n) is 11.4. The fourth-order valence-electron chi connectivity index (χ4n) is 2.81. The zero-order valence-corrected chi connectivity index (χ0v) is 12.2. The number of hydrogen-bond donors (Lipinski definition) is 1. The predicted molar refractivity (Wildman–Crippen MR) is 76.0 cm³/mol. The number of nitrogens with zero attached hydrogens (tertiary/aromatic N) is 1. The van der Waals surface area contributed by atoms with E-state index in [9.17, 15) is 13.5 Å². The normalized spacial score (nSPS) is 23.6. The molecule has 19 heavy (non-hydrogen) atoms. The van der Waals surface area contributed by atoms with E-state index in [1.165, 1.54) is 0 Å². The summed E-state index contributed by atoms with van der Waals surface area (Å²) < 4.78 is 23.2. The van der Waals surface area contributed by atoms with E-state index in [0.29, 0.717) is 12.2 Å². The van der Waals surface area contributed by atoms with Crippen molar-refractivity contribution in [2.75, 3.05) is 18.6 Å². The summed E-state index contributed by atoms with van der Waals surface area (Å²) in [4.78, 5) is 2.16. The highest BCUT2D eigenvalue weighted by atomic mass is 32.2. The summed E-state index contributed by atoms with van der Waals surface area (Å²) in [7, 11) is -0.860. The van der Waals surface area contributed by atoms with E-state index in [0.717, 1.165) is 12.0 Å². The van der Waals surface area contributed by atoms with Gasteiger partial charge in [-0.25, -0.2) is 8.42 Å². The van der Waals surface area contributed by atoms with Crippen LogP contribution in [0.3, 0.4) is 0 Å². The summed E-state index contributed by atoms with van der Waals surface area (Å²) in [5.74, 6) is 0.816. The lowest BCUT2D eigenvalue weighted by Crippen LogP contribution is -2.35. The van der Waals surface area contributed by atoms with Crippen LogP contribution in [0.1, 0.15) is 31.4 Å². The summed E-state index contributed by atoms with van der Waals surface area (Å²) in [6.45, 7) is 2.09. The van der Waals surface area contributed by atoms with E-state index < -0.39 is 9.84 Å². The highest BCUT2D eigenvalue weighted by molar-refractivity contribution is 7.91. The largest absolute Gasteiger partial charge is 0.508 e. The van der Waals surface area contributed by atoms with Gasteiger partial charge in [-0.1, -0.05) is 19.1 Å². The van der Waals surface area contributed by atoms with Crippen molar-refractivity contribution in [1.82, 2.24) is 4.90 Å². The van der Waals surface area contributed by atoms with Gasteiger partial charge in [0.1, 0.15) is 5.75 Å². The van der Waals surface area contributed by atoms with Crippen LogP contribution in [0.15, 0.2) is 24.3 Å². The number of sulfone groups is 1. The third-order valence-corrected chi connectivity index (χ3v) is 5.69. The number of aromatic hydroxyl groups is 1. The monoisotopic (exact) mass is 283 g/mol. The highest BCUT2D eigenvalue weighted by Crippen LogP contribution is 2.29. The van der Waals surface area contributed by atoms with Crippen LogP contribution in [0.2, 0.25) is 0 Å². The van der Waals surface area contributed by atoms with E-state index in [4.69, 9.17) is 0 Å². The van der Waals surface area contributed by atoms with Crippen LogP contribution in [-0.2, 0) is 9.84 Å². The van der Waals surface area contributed by atoms with Gasteiger partial charge in [0.15, 0.2) is 9.84 Å². The van der Waals surface area contributed by atoms with Crippen LogP contribution in [-0.4, -0.2) is 43.0 Å². The third-order valence-electron chi connectivity index (χ3n) is 3.94. The molecule has 0 bridgehead atoms. The Bertz CT molecular complexity index is 524. The molecule has 1 saturated heterocycles. The topological polar surface area (TPSA) is 57.6 Å². The van der Waals surface area contributed by atoms with Crippen LogP contribution >= 0.6 is 0 Å². The summed E-state index contributed by atoms with van der Waals surface area (Å²) in [5, 5.41) is 9.34. The molecule has 1 aliphatic rings. The molecule has 2 atom stereocenters. The zero-order chi connectivity index (χ0) is 14.0. The van der Waals surface area contributed by atoms with Crippen LogP contribution in [0.5, 0.6) is 5.75 Å². The number of rotatable bonds is 4. The summed E-state index contributed by atoms with van der Waals surface area (Å²) in [6, 6.07) is 7.46. The van der Waals surface area contributed by atoms with Gasteiger partial charge in [-0.3, -0.25) is 4.90 Å². The molecule has 1 N–H and O–H groups in total. The van der Waals surface area contributed by atoms with Crippen molar-refractivity contribution in [3.05, 3.63) is 29.8 Å². The first-order chi connectivity index (χ1) is 8.93. The van der Waals surface area contributed by atoms with Crippen LogP contribution in [0, 0.1) is 0 Å². The number of phenolic OH excluding ortho intramolecular Hbond substituents is 1. The molecule has 106 valence electrons. The minimum Gasteiger partial charge on any atom is -0.508 e. The van der Waals surface area contributed by atoms with E-state index in [1.807, 2.05) is 19.2 Å². The van der Waals surface area contributed by atoms with E-state index in [2.05, 4.69) is 11.8 Å². The maximum atomic E-state index is 11.6. The van der Waals surface area contributed by atoms with Crippen molar-refractivity contribution >= 4 is 9.84 Å². The number of hydrogen-bond acceptors (Lipinski definition) is 4. The average Bonchev–Trinajstić information content (AvgIpc) is 2.73. The molecular weight excluding hydrogens is 262 g/mol. The Kier molecular flexibility index (Phi) is 4.16. The molecule has 1 aromatic carbocycles. The molecule has 1 aliphatic heterocycles. The summed E-state index contributed by atoms with van der Waals surface area (Å²) in [6.07, 6.45) is 1.63. The molecule has 2 unspecified atom stereocenters. The molecule has 0 spiro atoms. The lowest BCUT2D eigenvalue weighted by molar-refractivity contribution is 0.183. The summed E-state index contributed by atoms with van der Waals surface area (Å²) in [5.41, 5.74) is 1.12. The quantitative estimate of drug-likeness (QED) is 0.918. The molecule has 1 heterocycles. The Balaban J connectivity index is 2.15. The first kappa shape index (κ1) is 14.3. The highest BCUT2D eigenvalue weighted by Gasteiger charge is 2.33. The van der Waals surface area contributed by atoms with E-state index in [-0.39, 0.29) is 23.6 Å². The maximum absolute atomic E-state index is 11.6. The smallest absolute Gasteiger partial charge is 0.151 e. The SMILES string of the molecule is CCC(c1ccc(O)cc1)N(C)C1CCS(=O)(=O)C1. The second-order valence-corrected chi connectivity index (χ2v) is 7.47. The van der Waals surface area contributed by atoms with Crippen LogP contribution in [0.25, 0.3) is 0 Å². The number of benzene rings is 1. The first-order valence-electron chi connectivity index (χ1n) is 6.64. The van der Waals surface area contributed by atoms with Crippen molar-refractivity contribution in [1.29, 1.82) is 0 Å². The lowest BCUT2D eigenvalue weighted by atomic mass is 10.0. The molecule has 0 radical (unpaired) electrons. The summed E-state index contributed by atoms with van der Waals surface area (Å²) >= 11 is 0. The fraction of sp³-hybridized carbons (Fsp3) is 0.571. The van der Waals surface area contributed by atoms with Crippen molar-refractivity contribution in [3.8, 4) is 5.75 Å². The molecule has 2 rings (SSSR count). The molecular formula is C14H21NO3S. The Hall–Kier alpha value is -1.07. The van der Waals surface area contributed by atoms with Gasteiger partial charge in [0, 0.05) is 12.1 Å².